The topological polar surface area (TPSA) is 75.5 Å². The monoisotopic (exact) mass is 448 g/mol. The van der Waals surface area contributed by atoms with E-state index in [9.17, 15) is 18.4 Å². The average Bonchev–Trinajstić information content (AvgIpc) is 3.13. The first-order chi connectivity index (χ1) is 15.8. The summed E-state index contributed by atoms with van der Waals surface area (Å²) in [6.07, 6.45) is 2.59. The lowest BCUT2D eigenvalue weighted by molar-refractivity contribution is -0.128. The zero-order valence-corrected chi connectivity index (χ0v) is 18.2. The van der Waals surface area contributed by atoms with Crippen LogP contribution in [0.5, 0.6) is 0 Å². The van der Waals surface area contributed by atoms with Crippen LogP contribution in [0.4, 0.5) is 14.5 Å². The van der Waals surface area contributed by atoms with Gasteiger partial charge in [0.25, 0.3) is 11.8 Å². The van der Waals surface area contributed by atoms with Gasteiger partial charge in [-0.2, -0.15) is 10.1 Å². The molecule has 0 N–H and O–H groups in total. The number of aromatic nitrogens is 2. The highest BCUT2D eigenvalue weighted by molar-refractivity contribution is 6.27. The van der Waals surface area contributed by atoms with E-state index in [1.54, 1.807) is 43.5 Å². The number of rotatable bonds is 7. The molecule has 0 aliphatic carbocycles. The zero-order chi connectivity index (χ0) is 23.6. The minimum atomic E-state index is -2.97. The fraction of sp³-hybridized carbons (Fsp3) is 0.240. The maximum Gasteiger partial charge on any atom is 0.273 e. The number of hydrazone groups is 1. The molecule has 1 atom stereocenters. The second-order valence-electron chi connectivity index (χ2n) is 7.87. The Morgan fingerprint density at radius 2 is 1.91 bits per heavy atom. The van der Waals surface area contributed by atoms with Crippen LogP contribution in [-0.2, 0) is 21.9 Å². The molecule has 4 rings (SSSR count). The van der Waals surface area contributed by atoms with Gasteiger partial charge in [0, 0.05) is 30.2 Å². The lowest BCUT2D eigenvalue weighted by Crippen LogP contribution is -2.33. The average molecular weight is 448 g/mol. The Kier molecular flexibility index (Phi) is 6.09. The molecule has 0 saturated carbocycles. The summed E-state index contributed by atoms with van der Waals surface area (Å²) in [6.45, 7) is 3.03. The summed E-state index contributed by atoms with van der Waals surface area (Å²) in [6, 6.07) is 14.7. The van der Waals surface area contributed by atoms with E-state index in [2.05, 4.69) is 15.1 Å². The third-order valence-electron chi connectivity index (χ3n) is 5.59. The van der Waals surface area contributed by atoms with Crippen LogP contribution >= 0.6 is 0 Å². The van der Waals surface area contributed by atoms with Gasteiger partial charge in [0.05, 0.1) is 17.1 Å². The molecule has 1 aliphatic rings. The molecule has 0 radical (unpaired) electrons. The fourth-order valence-electron chi connectivity index (χ4n) is 3.80. The first-order valence-corrected chi connectivity index (χ1v) is 10.6. The molecule has 33 heavy (non-hydrogen) atoms. The molecule has 1 amide bonds. The van der Waals surface area contributed by atoms with E-state index in [-0.39, 0.29) is 24.2 Å². The van der Waals surface area contributed by atoms with E-state index in [0.29, 0.717) is 22.7 Å². The lowest BCUT2D eigenvalue weighted by atomic mass is 9.92. The SMILES string of the molecule is CCC(F)(F)c1cccc(CC(=O)C2C(=O)N(c3cccc(-c4ccncn4)c3)N=C2C)c1. The third kappa shape index (κ3) is 4.55. The Labute approximate surface area is 190 Å². The number of amides is 1. The highest BCUT2D eigenvalue weighted by Crippen LogP contribution is 2.32. The first kappa shape index (κ1) is 22.4. The molecule has 3 aromatic rings. The Bertz CT molecular complexity index is 1230. The molecule has 0 spiro atoms. The van der Waals surface area contributed by atoms with Crippen molar-refractivity contribution in [2.45, 2.75) is 32.6 Å². The normalized spacial score (nSPS) is 16.1. The number of hydrogen-bond acceptors (Lipinski definition) is 5. The summed E-state index contributed by atoms with van der Waals surface area (Å²) >= 11 is 0. The van der Waals surface area contributed by atoms with Gasteiger partial charge in [-0.25, -0.2) is 18.7 Å². The quantitative estimate of drug-likeness (QED) is 0.487. The number of anilines is 1. The predicted octanol–water partition coefficient (Wildman–Crippen LogP) is 4.80. The van der Waals surface area contributed by atoms with Crippen LogP contribution in [0.1, 0.15) is 31.4 Å². The van der Waals surface area contributed by atoms with Crippen LogP contribution in [0.15, 0.2) is 72.2 Å². The molecule has 0 bridgehead atoms. The van der Waals surface area contributed by atoms with Crippen molar-refractivity contribution in [1.29, 1.82) is 0 Å². The summed E-state index contributed by atoms with van der Waals surface area (Å²) in [4.78, 5) is 34.2. The number of halogens is 2. The van der Waals surface area contributed by atoms with Crippen molar-refractivity contribution < 1.29 is 18.4 Å². The molecule has 2 heterocycles. The van der Waals surface area contributed by atoms with Crippen LogP contribution in [0.25, 0.3) is 11.3 Å². The zero-order valence-electron chi connectivity index (χ0n) is 18.2. The lowest BCUT2D eigenvalue weighted by Gasteiger charge is -2.16. The predicted molar refractivity (Wildman–Crippen MR) is 121 cm³/mol. The van der Waals surface area contributed by atoms with E-state index in [0.717, 1.165) is 5.56 Å². The van der Waals surface area contributed by atoms with E-state index in [1.165, 1.54) is 36.5 Å². The number of ketones is 1. The van der Waals surface area contributed by atoms with Gasteiger partial charge in [-0.3, -0.25) is 9.59 Å². The maximum atomic E-state index is 14.0. The number of Topliss-reactive ketones (excluding diaryl/α,β-unsaturated/α-hetero) is 1. The second-order valence-corrected chi connectivity index (χ2v) is 7.87. The van der Waals surface area contributed by atoms with Crippen LogP contribution < -0.4 is 5.01 Å². The maximum absolute atomic E-state index is 14.0. The molecule has 0 fully saturated rings. The number of benzene rings is 2. The van der Waals surface area contributed by atoms with Crippen molar-refractivity contribution in [2.24, 2.45) is 11.0 Å². The Hall–Kier alpha value is -3.81. The van der Waals surface area contributed by atoms with E-state index < -0.39 is 17.7 Å². The molecular formula is C25H22F2N4O2. The van der Waals surface area contributed by atoms with Gasteiger partial charge in [0.1, 0.15) is 12.2 Å². The summed E-state index contributed by atoms with van der Waals surface area (Å²) in [5.74, 6) is -4.87. The van der Waals surface area contributed by atoms with Crippen molar-refractivity contribution in [3.8, 4) is 11.3 Å². The van der Waals surface area contributed by atoms with E-state index in [1.807, 2.05) is 6.07 Å². The van der Waals surface area contributed by atoms with Crippen molar-refractivity contribution in [2.75, 3.05) is 5.01 Å². The summed E-state index contributed by atoms with van der Waals surface area (Å²) in [7, 11) is 0. The number of hydrogen-bond donors (Lipinski definition) is 0. The minimum absolute atomic E-state index is 0.133. The number of nitrogens with zero attached hydrogens (tertiary/aromatic N) is 4. The molecule has 6 nitrogen and oxygen atoms in total. The van der Waals surface area contributed by atoms with Gasteiger partial charge in [0.2, 0.25) is 0 Å². The van der Waals surface area contributed by atoms with Gasteiger partial charge in [-0.05, 0) is 36.8 Å². The molecule has 1 aliphatic heterocycles. The van der Waals surface area contributed by atoms with E-state index in [4.69, 9.17) is 0 Å². The molecular weight excluding hydrogens is 426 g/mol. The minimum Gasteiger partial charge on any atom is -0.298 e. The molecule has 8 heteroatoms. The van der Waals surface area contributed by atoms with E-state index >= 15 is 0 Å². The molecule has 1 aromatic heterocycles. The van der Waals surface area contributed by atoms with Gasteiger partial charge in [-0.1, -0.05) is 37.3 Å². The smallest absolute Gasteiger partial charge is 0.273 e. The van der Waals surface area contributed by atoms with Crippen molar-refractivity contribution in [1.82, 2.24) is 9.97 Å². The Morgan fingerprint density at radius 3 is 2.64 bits per heavy atom. The first-order valence-electron chi connectivity index (χ1n) is 10.6. The summed E-state index contributed by atoms with van der Waals surface area (Å²) in [5.41, 5.74) is 2.65. The Balaban J connectivity index is 1.54. The van der Waals surface area contributed by atoms with Crippen molar-refractivity contribution >= 4 is 23.1 Å². The number of carbonyl (C=O) groups excluding carboxylic acids is 2. The molecule has 168 valence electrons. The molecule has 1 unspecified atom stereocenters. The highest BCUT2D eigenvalue weighted by Gasteiger charge is 2.39. The van der Waals surface area contributed by atoms with Crippen molar-refractivity contribution in [3.63, 3.8) is 0 Å². The van der Waals surface area contributed by atoms with Gasteiger partial charge in [-0.15, -0.1) is 0 Å². The highest BCUT2D eigenvalue weighted by atomic mass is 19.3. The summed E-state index contributed by atoms with van der Waals surface area (Å²) in [5, 5.41) is 5.53. The van der Waals surface area contributed by atoms with Crippen LogP contribution in [0, 0.1) is 5.92 Å². The van der Waals surface area contributed by atoms with Crippen LogP contribution in [0.2, 0.25) is 0 Å². The molecule has 2 aromatic carbocycles. The summed E-state index contributed by atoms with van der Waals surface area (Å²) < 4.78 is 28.1. The standard InChI is InChI=1S/C25H22F2N4O2/c1-3-25(26,27)19-8-4-6-17(12-19)13-22(32)23-16(2)30-31(24(23)33)20-9-5-7-18(14-20)21-10-11-28-15-29-21/h4-12,14-15,23H,3,13H2,1-2H3. The number of alkyl halides is 2. The van der Waals surface area contributed by atoms with Crippen LogP contribution in [-0.4, -0.2) is 27.4 Å². The Morgan fingerprint density at radius 1 is 1.12 bits per heavy atom. The van der Waals surface area contributed by atoms with Gasteiger partial charge in [0.15, 0.2) is 5.78 Å². The fourth-order valence-corrected chi connectivity index (χ4v) is 3.80. The van der Waals surface area contributed by atoms with Crippen LogP contribution in [0.3, 0.4) is 0 Å². The van der Waals surface area contributed by atoms with Gasteiger partial charge >= 0.3 is 0 Å². The van der Waals surface area contributed by atoms with Gasteiger partial charge < -0.3 is 0 Å². The largest absolute Gasteiger partial charge is 0.298 e. The third-order valence-corrected chi connectivity index (χ3v) is 5.59. The number of carbonyl (C=O) groups is 2. The molecule has 0 saturated heterocycles. The van der Waals surface area contributed by atoms with Crippen molar-refractivity contribution in [3.05, 3.63) is 78.2 Å². The second kappa shape index (κ2) is 8.97.